The van der Waals surface area contributed by atoms with Gasteiger partial charge < -0.3 is 5.32 Å². The number of fused-ring (bicyclic) bond motifs is 2. The van der Waals surface area contributed by atoms with Crippen molar-refractivity contribution in [2.75, 3.05) is 26.2 Å². The molecule has 0 amide bonds. The number of hydrogen-bond donors (Lipinski definition) is 1. The molecule has 0 saturated carbocycles. The molecule has 3 nitrogen and oxygen atoms in total. The van der Waals surface area contributed by atoms with Crippen molar-refractivity contribution in [3.63, 3.8) is 0 Å². The molecule has 2 fully saturated rings. The Hall–Kier alpha value is -1.45. The van der Waals surface area contributed by atoms with Gasteiger partial charge in [-0.1, -0.05) is 24.3 Å². The lowest BCUT2D eigenvalue weighted by Crippen LogP contribution is -2.39. The maximum absolute atomic E-state index is 4.80. The zero-order valence-corrected chi connectivity index (χ0v) is 11.8. The standard InChI is InChI=1S/C17H21N3/c1-2-4-17-13(3-1)5-6-16(19-17)12-20-8-7-14-9-18-10-15(14)11-20/h1-6,14-15,18H,7-12H2. The minimum atomic E-state index is 0.851. The van der Waals surface area contributed by atoms with Crippen LogP contribution in [-0.4, -0.2) is 36.1 Å². The molecule has 2 unspecified atom stereocenters. The lowest BCUT2D eigenvalue weighted by Gasteiger charge is -2.34. The molecule has 0 aliphatic carbocycles. The van der Waals surface area contributed by atoms with Crippen LogP contribution >= 0.6 is 0 Å². The van der Waals surface area contributed by atoms with Gasteiger partial charge in [-0.25, -0.2) is 0 Å². The summed E-state index contributed by atoms with van der Waals surface area (Å²) in [4.78, 5) is 7.37. The summed E-state index contributed by atoms with van der Waals surface area (Å²) >= 11 is 0. The molecular weight excluding hydrogens is 246 g/mol. The highest BCUT2D eigenvalue weighted by atomic mass is 15.2. The third kappa shape index (κ3) is 2.32. The predicted molar refractivity (Wildman–Crippen MR) is 81.5 cm³/mol. The van der Waals surface area contributed by atoms with Crippen molar-refractivity contribution in [2.24, 2.45) is 11.8 Å². The molecule has 0 spiro atoms. The second-order valence-corrected chi connectivity index (χ2v) is 6.20. The monoisotopic (exact) mass is 267 g/mol. The summed E-state index contributed by atoms with van der Waals surface area (Å²) in [5.41, 5.74) is 2.32. The molecule has 2 atom stereocenters. The molecule has 20 heavy (non-hydrogen) atoms. The summed E-state index contributed by atoms with van der Waals surface area (Å²) in [7, 11) is 0. The first-order chi connectivity index (χ1) is 9.88. The third-order valence-electron chi connectivity index (χ3n) is 4.83. The van der Waals surface area contributed by atoms with E-state index in [1.54, 1.807) is 0 Å². The highest BCUT2D eigenvalue weighted by Gasteiger charge is 2.32. The van der Waals surface area contributed by atoms with Crippen LogP contribution < -0.4 is 5.32 Å². The fraction of sp³-hybridized carbons (Fsp3) is 0.471. The zero-order valence-electron chi connectivity index (χ0n) is 11.8. The van der Waals surface area contributed by atoms with Crippen LogP contribution in [0.3, 0.4) is 0 Å². The van der Waals surface area contributed by atoms with Crippen molar-refractivity contribution >= 4 is 10.9 Å². The van der Waals surface area contributed by atoms with Crippen molar-refractivity contribution in [1.82, 2.24) is 15.2 Å². The number of hydrogen-bond acceptors (Lipinski definition) is 3. The maximum atomic E-state index is 4.80. The van der Waals surface area contributed by atoms with Crippen LogP contribution in [0.4, 0.5) is 0 Å². The molecule has 4 rings (SSSR count). The van der Waals surface area contributed by atoms with E-state index in [-0.39, 0.29) is 0 Å². The van der Waals surface area contributed by atoms with Crippen LogP contribution in [-0.2, 0) is 6.54 Å². The zero-order chi connectivity index (χ0) is 13.4. The molecule has 0 bridgehead atoms. The molecule has 3 heterocycles. The number of rotatable bonds is 2. The minimum absolute atomic E-state index is 0.851. The number of likely N-dealkylation sites (tertiary alicyclic amines) is 1. The fourth-order valence-corrected chi connectivity index (χ4v) is 3.68. The van der Waals surface area contributed by atoms with Gasteiger partial charge in [-0.2, -0.15) is 0 Å². The van der Waals surface area contributed by atoms with Crippen LogP contribution in [0.2, 0.25) is 0 Å². The summed E-state index contributed by atoms with van der Waals surface area (Å²) in [6.45, 7) is 5.87. The van der Waals surface area contributed by atoms with Gasteiger partial charge in [0.2, 0.25) is 0 Å². The average molecular weight is 267 g/mol. The van der Waals surface area contributed by atoms with E-state index in [0.29, 0.717) is 0 Å². The smallest absolute Gasteiger partial charge is 0.0705 e. The molecule has 1 aromatic carbocycles. The van der Waals surface area contributed by atoms with Gasteiger partial charge in [0.25, 0.3) is 0 Å². The Morgan fingerprint density at radius 3 is 3.00 bits per heavy atom. The van der Waals surface area contributed by atoms with Crippen molar-refractivity contribution in [1.29, 1.82) is 0 Å². The lowest BCUT2D eigenvalue weighted by atomic mass is 9.88. The quantitative estimate of drug-likeness (QED) is 0.905. The van der Waals surface area contributed by atoms with E-state index < -0.39 is 0 Å². The maximum Gasteiger partial charge on any atom is 0.0705 e. The highest BCUT2D eigenvalue weighted by molar-refractivity contribution is 5.78. The molecule has 104 valence electrons. The van der Waals surface area contributed by atoms with Crippen molar-refractivity contribution in [2.45, 2.75) is 13.0 Å². The first-order valence-electron chi connectivity index (χ1n) is 7.66. The Morgan fingerprint density at radius 1 is 1.10 bits per heavy atom. The third-order valence-corrected chi connectivity index (χ3v) is 4.83. The predicted octanol–water partition coefficient (Wildman–Crippen LogP) is 2.28. The first kappa shape index (κ1) is 12.3. The Bertz CT molecular complexity index is 610. The Balaban J connectivity index is 1.49. The summed E-state index contributed by atoms with van der Waals surface area (Å²) < 4.78 is 0. The summed E-state index contributed by atoms with van der Waals surface area (Å²) in [6, 6.07) is 12.7. The molecule has 2 saturated heterocycles. The second kappa shape index (κ2) is 5.15. The van der Waals surface area contributed by atoms with E-state index in [2.05, 4.69) is 46.6 Å². The number of nitrogens with one attached hydrogen (secondary N) is 1. The van der Waals surface area contributed by atoms with Gasteiger partial charge in [-0.3, -0.25) is 9.88 Å². The van der Waals surface area contributed by atoms with Crippen LogP contribution in [0.15, 0.2) is 36.4 Å². The number of benzene rings is 1. The topological polar surface area (TPSA) is 28.2 Å². The van der Waals surface area contributed by atoms with E-state index in [1.165, 1.54) is 43.7 Å². The average Bonchev–Trinajstić information content (AvgIpc) is 2.95. The van der Waals surface area contributed by atoms with E-state index in [9.17, 15) is 0 Å². The lowest BCUT2D eigenvalue weighted by molar-refractivity contribution is 0.141. The Kier molecular flexibility index (Phi) is 3.17. The summed E-state index contributed by atoms with van der Waals surface area (Å²) in [5.74, 6) is 1.76. The van der Waals surface area contributed by atoms with Crippen LogP contribution in [0, 0.1) is 11.8 Å². The first-order valence-corrected chi connectivity index (χ1v) is 7.66. The summed E-state index contributed by atoms with van der Waals surface area (Å²) in [5, 5.41) is 4.76. The molecular formula is C17H21N3. The van der Waals surface area contributed by atoms with Crippen molar-refractivity contribution < 1.29 is 0 Å². The Labute approximate surface area is 120 Å². The van der Waals surface area contributed by atoms with Gasteiger partial charge in [0.05, 0.1) is 11.2 Å². The highest BCUT2D eigenvalue weighted by Crippen LogP contribution is 2.27. The number of nitrogens with zero attached hydrogens (tertiary/aromatic N) is 2. The number of pyridine rings is 1. The van der Waals surface area contributed by atoms with E-state index >= 15 is 0 Å². The van der Waals surface area contributed by atoms with Crippen LogP contribution in [0.1, 0.15) is 12.1 Å². The summed E-state index contributed by atoms with van der Waals surface area (Å²) in [6.07, 6.45) is 1.34. The normalized spacial score (nSPS) is 26.8. The largest absolute Gasteiger partial charge is 0.316 e. The van der Waals surface area contributed by atoms with Gasteiger partial charge in [0.15, 0.2) is 0 Å². The molecule has 1 aromatic heterocycles. The van der Waals surface area contributed by atoms with Gasteiger partial charge in [0.1, 0.15) is 0 Å². The van der Waals surface area contributed by atoms with Gasteiger partial charge in [-0.05, 0) is 50.0 Å². The molecule has 2 aromatic rings. The van der Waals surface area contributed by atoms with Crippen LogP contribution in [0.5, 0.6) is 0 Å². The molecule has 0 radical (unpaired) electrons. The number of piperidine rings is 1. The fourth-order valence-electron chi connectivity index (χ4n) is 3.68. The van der Waals surface area contributed by atoms with E-state index in [1.807, 2.05) is 0 Å². The molecule has 2 aliphatic heterocycles. The minimum Gasteiger partial charge on any atom is -0.316 e. The van der Waals surface area contributed by atoms with Gasteiger partial charge in [-0.15, -0.1) is 0 Å². The Morgan fingerprint density at radius 2 is 2.00 bits per heavy atom. The van der Waals surface area contributed by atoms with Crippen LogP contribution in [0.25, 0.3) is 10.9 Å². The second-order valence-electron chi connectivity index (χ2n) is 6.20. The molecule has 2 aliphatic rings. The number of para-hydroxylation sites is 1. The molecule has 3 heteroatoms. The van der Waals surface area contributed by atoms with Crippen molar-refractivity contribution in [3.8, 4) is 0 Å². The van der Waals surface area contributed by atoms with E-state index in [0.717, 1.165) is 23.9 Å². The van der Waals surface area contributed by atoms with E-state index in [4.69, 9.17) is 4.98 Å². The van der Waals surface area contributed by atoms with Crippen molar-refractivity contribution in [3.05, 3.63) is 42.1 Å². The van der Waals surface area contributed by atoms with Gasteiger partial charge in [0, 0.05) is 18.5 Å². The van der Waals surface area contributed by atoms with Gasteiger partial charge >= 0.3 is 0 Å². The number of aromatic nitrogens is 1. The molecule has 1 N–H and O–H groups in total. The SMILES string of the molecule is c1ccc2nc(CN3CCC4CNCC4C3)ccc2c1.